The predicted octanol–water partition coefficient (Wildman–Crippen LogP) is 0.272. The minimum atomic E-state index is -1.13. The van der Waals surface area contributed by atoms with Crippen LogP contribution in [0.5, 0.6) is 0 Å². The first-order chi connectivity index (χ1) is 20.4. The molecule has 1 atom stereocenters. The molecular formula is C28H39N5O10. The van der Waals surface area contributed by atoms with Crippen LogP contribution >= 0.6 is 0 Å². The third-order valence-electron chi connectivity index (χ3n) is 6.27. The standard InChI is InChI=1S/C28H39N5O10/c1-28(2,3)43-27(39)32(10-13-41-16-15-40-12-9-29)11-14-42-17-22(35)30-19-6-4-5-18-23(19)26(38)33(25(18)37)20-7-8-21(34)31-24(20)36/h4-6,20H,7-17,29H2,1-3H3,(H,30,35)(H,31,34,36). The molecule has 0 spiro atoms. The Morgan fingerprint density at radius 1 is 1.00 bits per heavy atom. The highest BCUT2D eigenvalue weighted by Crippen LogP contribution is 2.32. The lowest BCUT2D eigenvalue weighted by atomic mass is 10.0. The van der Waals surface area contributed by atoms with E-state index in [1.807, 2.05) is 0 Å². The number of benzene rings is 1. The van der Waals surface area contributed by atoms with Crippen LogP contribution in [0.25, 0.3) is 0 Å². The molecule has 3 rings (SSSR count). The zero-order valence-electron chi connectivity index (χ0n) is 24.6. The van der Waals surface area contributed by atoms with Crippen LogP contribution in [0, 0.1) is 0 Å². The van der Waals surface area contributed by atoms with Crippen LogP contribution in [0.2, 0.25) is 0 Å². The smallest absolute Gasteiger partial charge is 0.410 e. The van der Waals surface area contributed by atoms with Gasteiger partial charge >= 0.3 is 6.09 Å². The van der Waals surface area contributed by atoms with Crippen LogP contribution in [0.15, 0.2) is 18.2 Å². The summed E-state index contributed by atoms with van der Waals surface area (Å²) in [6.07, 6.45) is -0.554. The Bertz CT molecular complexity index is 1210. The van der Waals surface area contributed by atoms with Gasteiger partial charge in [0.15, 0.2) is 0 Å². The normalized spacial score (nSPS) is 16.7. The Morgan fingerprint density at radius 3 is 2.33 bits per heavy atom. The number of hydrogen-bond acceptors (Lipinski definition) is 11. The molecule has 2 heterocycles. The summed E-state index contributed by atoms with van der Waals surface area (Å²) in [4.78, 5) is 77.5. The lowest BCUT2D eigenvalue weighted by molar-refractivity contribution is -0.136. The van der Waals surface area contributed by atoms with Gasteiger partial charge in [0.1, 0.15) is 18.2 Å². The Balaban J connectivity index is 1.52. The largest absolute Gasteiger partial charge is 0.444 e. The molecule has 1 aromatic rings. The summed E-state index contributed by atoms with van der Waals surface area (Å²) in [6.45, 7) is 6.96. The highest BCUT2D eigenvalue weighted by Gasteiger charge is 2.45. The van der Waals surface area contributed by atoms with E-state index in [1.54, 1.807) is 20.8 Å². The highest BCUT2D eigenvalue weighted by molar-refractivity contribution is 6.26. The molecule has 15 nitrogen and oxygen atoms in total. The van der Waals surface area contributed by atoms with Crippen LogP contribution < -0.4 is 16.4 Å². The molecule has 6 amide bonds. The Hall–Kier alpha value is -3.92. The molecule has 2 aliphatic heterocycles. The molecule has 1 saturated heterocycles. The molecule has 0 aromatic heterocycles. The van der Waals surface area contributed by atoms with Crippen molar-refractivity contribution in [3.63, 3.8) is 0 Å². The van der Waals surface area contributed by atoms with Crippen molar-refractivity contribution in [3.8, 4) is 0 Å². The number of imide groups is 2. The van der Waals surface area contributed by atoms with E-state index in [0.717, 1.165) is 4.90 Å². The summed E-state index contributed by atoms with van der Waals surface area (Å²) in [6, 6.07) is 3.26. The van der Waals surface area contributed by atoms with Gasteiger partial charge in [0, 0.05) is 26.1 Å². The number of rotatable bonds is 15. The van der Waals surface area contributed by atoms with Crippen molar-refractivity contribution < 1.29 is 47.7 Å². The van der Waals surface area contributed by atoms with Gasteiger partial charge in [-0.25, -0.2) is 4.79 Å². The van der Waals surface area contributed by atoms with E-state index < -0.39 is 53.9 Å². The number of nitrogens with zero attached hydrogens (tertiary/aromatic N) is 2. The number of fused-ring (bicyclic) bond motifs is 1. The number of piperidine rings is 1. The molecule has 2 aliphatic rings. The van der Waals surface area contributed by atoms with Crippen molar-refractivity contribution in [2.45, 2.75) is 45.3 Å². The van der Waals surface area contributed by atoms with Crippen molar-refractivity contribution in [1.29, 1.82) is 0 Å². The highest BCUT2D eigenvalue weighted by atomic mass is 16.6. The summed E-state index contributed by atoms with van der Waals surface area (Å²) in [5.74, 6) is -3.23. The van der Waals surface area contributed by atoms with E-state index in [9.17, 15) is 28.8 Å². The first kappa shape index (κ1) is 33.6. The van der Waals surface area contributed by atoms with Crippen molar-refractivity contribution in [3.05, 3.63) is 29.3 Å². The average molecular weight is 606 g/mol. The lowest BCUT2D eigenvalue weighted by Gasteiger charge is -2.27. The summed E-state index contributed by atoms with van der Waals surface area (Å²) in [5, 5.41) is 4.72. The molecule has 0 aliphatic carbocycles. The second-order valence-electron chi connectivity index (χ2n) is 10.8. The molecule has 0 bridgehead atoms. The molecule has 0 saturated carbocycles. The van der Waals surface area contributed by atoms with E-state index in [0.29, 0.717) is 26.4 Å². The second kappa shape index (κ2) is 15.5. The number of hydrogen-bond donors (Lipinski definition) is 3. The number of nitrogens with two attached hydrogens (primary N) is 1. The number of amides is 6. The van der Waals surface area contributed by atoms with Gasteiger partial charge in [-0.2, -0.15) is 0 Å². The van der Waals surface area contributed by atoms with Crippen molar-refractivity contribution in [2.75, 3.05) is 64.6 Å². The van der Waals surface area contributed by atoms with Gasteiger partial charge in [-0.1, -0.05) is 6.07 Å². The van der Waals surface area contributed by atoms with Crippen molar-refractivity contribution in [1.82, 2.24) is 15.1 Å². The zero-order chi connectivity index (χ0) is 31.6. The van der Waals surface area contributed by atoms with Gasteiger partial charge in [-0.05, 0) is 39.3 Å². The number of anilines is 1. The first-order valence-corrected chi connectivity index (χ1v) is 14.0. The Labute approximate surface area is 249 Å². The van der Waals surface area contributed by atoms with Crippen LogP contribution in [-0.2, 0) is 33.3 Å². The molecular weight excluding hydrogens is 566 g/mol. The number of carbonyl (C=O) groups excluding carboxylic acids is 6. The monoisotopic (exact) mass is 605 g/mol. The number of carbonyl (C=O) groups is 6. The van der Waals surface area contributed by atoms with Crippen molar-refractivity contribution >= 4 is 41.3 Å². The molecule has 1 unspecified atom stereocenters. The molecule has 15 heteroatoms. The minimum absolute atomic E-state index is 0.000122. The Kier molecular flexibility index (Phi) is 12.1. The first-order valence-electron chi connectivity index (χ1n) is 14.0. The van der Waals surface area contributed by atoms with Gasteiger partial charge in [0.2, 0.25) is 17.7 Å². The van der Waals surface area contributed by atoms with E-state index in [4.69, 9.17) is 24.7 Å². The fraction of sp³-hybridized carbons (Fsp3) is 0.571. The fourth-order valence-electron chi connectivity index (χ4n) is 4.35. The zero-order valence-corrected chi connectivity index (χ0v) is 24.6. The quantitative estimate of drug-likeness (QED) is 0.183. The predicted molar refractivity (Wildman–Crippen MR) is 151 cm³/mol. The van der Waals surface area contributed by atoms with Crippen molar-refractivity contribution in [2.24, 2.45) is 5.73 Å². The van der Waals surface area contributed by atoms with Crippen LogP contribution in [0.4, 0.5) is 10.5 Å². The summed E-state index contributed by atoms with van der Waals surface area (Å²) >= 11 is 0. The third-order valence-corrected chi connectivity index (χ3v) is 6.27. The van der Waals surface area contributed by atoms with E-state index in [1.165, 1.54) is 23.1 Å². The fourth-order valence-corrected chi connectivity index (χ4v) is 4.35. The maximum Gasteiger partial charge on any atom is 0.410 e. The topological polar surface area (TPSA) is 196 Å². The number of ether oxygens (including phenoxy) is 4. The molecule has 236 valence electrons. The van der Waals surface area contributed by atoms with Gasteiger partial charge in [0.05, 0.1) is 49.8 Å². The maximum atomic E-state index is 13.2. The molecule has 1 fully saturated rings. The minimum Gasteiger partial charge on any atom is -0.444 e. The van der Waals surface area contributed by atoms with E-state index in [2.05, 4.69) is 10.6 Å². The van der Waals surface area contributed by atoms with Gasteiger partial charge < -0.3 is 34.9 Å². The van der Waals surface area contributed by atoms with Gasteiger partial charge in [0.25, 0.3) is 11.8 Å². The van der Waals surface area contributed by atoms with Crippen LogP contribution in [-0.4, -0.2) is 116 Å². The molecule has 43 heavy (non-hydrogen) atoms. The summed E-state index contributed by atoms with van der Waals surface area (Å²) in [7, 11) is 0. The second-order valence-corrected chi connectivity index (χ2v) is 10.8. The molecule has 0 radical (unpaired) electrons. The van der Waals surface area contributed by atoms with Crippen LogP contribution in [0.1, 0.15) is 54.3 Å². The van der Waals surface area contributed by atoms with Gasteiger partial charge in [-0.3, -0.25) is 34.2 Å². The van der Waals surface area contributed by atoms with Crippen LogP contribution in [0.3, 0.4) is 0 Å². The maximum absolute atomic E-state index is 13.2. The summed E-state index contributed by atoms with van der Waals surface area (Å²) < 4.78 is 21.7. The molecule has 4 N–H and O–H groups in total. The average Bonchev–Trinajstić information content (AvgIpc) is 3.18. The van der Waals surface area contributed by atoms with E-state index >= 15 is 0 Å². The third kappa shape index (κ3) is 9.54. The number of nitrogens with one attached hydrogen (secondary N) is 2. The van der Waals surface area contributed by atoms with Gasteiger partial charge in [-0.15, -0.1) is 0 Å². The lowest BCUT2D eigenvalue weighted by Crippen LogP contribution is -2.54. The summed E-state index contributed by atoms with van der Waals surface area (Å²) in [5.41, 5.74) is 4.73. The molecule has 1 aromatic carbocycles. The van der Waals surface area contributed by atoms with E-state index in [-0.39, 0.29) is 56.0 Å². The Morgan fingerprint density at radius 2 is 1.67 bits per heavy atom. The SMILES string of the molecule is CC(C)(C)OC(=O)N(CCOCCOCCN)CCOCC(=O)Nc1cccc2c1C(=O)N(C1CCC(=O)NC1=O)C2=O.